The minimum atomic E-state index is -0.681. The predicted octanol–water partition coefficient (Wildman–Crippen LogP) is 2.62. The molecule has 2 atom stereocenters. The minimum Gasteiger partial charge on any atom is -0.481 e. The Hall–Kier alpha value is -0.940. The lowest BCUT2D eigenvalue weighted by atomic mass is 10.1. The van der Waals surface area contributed by atoms with Crippen LogP contribution in [0.25, 0.3) is 0 Å². The van der Waals surface area contributed by atoms with Gasteiger partial charge in [-0.25, -0.2) is 4.98 Å². The van der Waals surface area contributed by atoms with Crippen molar-refractivity contribution in [1.82, 2.24) is 9.88 Å². The first-order valence-electron chi connectivity index (χ1n) is 6.37. The summed E-state index contributed by atoms with van der Waals surface area (Å²) in [6.45, 7) is 8.17. The number of thiazole rings is 1. The van der Waals surface area contributed by atoms with Gasteiger partial charge in [0.25, 0.3) is 0 Å². The molecule has 0 aliphatic carbocycles. The van der Waals surface area contributed by atoms with Crippen molar-refractivity contribution in [3.05, 3.63) is 15.6 Å². The summed E-state index contributed by atoms with van der Waals surface area (Å²) < 4.78 is 0. The normalized spacial score (nSPS) is 22.3. The number of carboxylic acid groups (broad SMARTS) is 1. The Morgan fingerprint density at radius 1 is 1.61 bits per heavy atom. The van der Waals surface area contributed by atoms with E-state index in [4.69, 9.17) is 5.11 Å². The third-order valence-corrected chi connectivity index (χ3v) is 4.89. The fourth-order valence-corrected chi connectivity index (χ4v) is 3.74. The lowest BCUT2D eigenvalue weighted by molar-refractivity contribution is -0.138. The maximum atomic E-state index is 10.7. The Bertz CT molecular complexity index is 444. The first kappa shape index (κ1) is 13.5. The molecule has 1 fully saturated rings. The van der Waals surface area contributed by atoms with Gasteiger partial charge in [0.1, 0.15) is 0 Å². The number of hydrogen-bond acceptors (Lipinski definition) is 4. The Labute approximate surface area is 112 Å². The van der Waals surface area contributed by atoms with Crippen LogP contribution >= 0.6 is 11.3 Å². The third kappa shape index (κ3) is 2.90. The van der Waals surface area contributed by atoms with Crippen LogP contribution in [0.3, 0.4) is 0 Å². The second-order valence-corrected chi connectivity index (χ2v) is 6.34. The fourth-order valence-electron chi connectivity index (χ4n) is 2.73. The number of aromatic nitrogens is 1. The average Bonchev–Trinajstić information content (AvgIpc) is 2.84. The smallest absolute Gasteiger partial charge is 0.303 e. The van der Waals surface area contributed by atoms with Gasteiger partial charge in [-0.05, 0) is 39.7 Å². The van der Waals surface area contributed by atoms with Crippen molar-refractivity contribution >= 4 is 17.3 Å². The van der Waals surface area contributed by atoms with Crippen molar-refractivity contribution < 1.29 is 9.90 Å². The zero-order valence-corrected chi connectivity index (χ0v) is 12.0. The van der Waals surface area contributed by atoms with Gasteiger partial charge in [0.15, 0.2) is 0 Å². The molecule has 1 aromatic heterocycles. The molecule has 2 rings (SSSR count). The van der Waals surface area contributed by atoms with Crippen LogP contribution in [0.2, 0.25) is 0 Å². The molecular weight excluding hydrogens is 248 g/mol. The molecule has 4 nitrogen and oxygen atoms in total. The highest BCUT2D eigenvalue weighted by molar-refractivity contribution is 7.11. The van der Waals surface area contributed by atoms with Gasteiger partial charge >= 0.3 is 5.97 Å². The summed E-state index contributed by atoms with van der Waals surface area (Å²) in [5.41, 5.74) is 1.12. The van der Waals surface area contributed by atoms with Gasteiger partial charge in [-0.3, -0.25) is 9.69 Å². The van der Waals surface area contributed by atoms with E-state index in [1.54, 1.807) is 11.3 Å². The Kier molecular flexibility index (Phi) is 4.02. The molecule has 5 heteroatoms. The molecule has 0 radical (unpaired) electrons. The third-order valence-electron chi connectivity index (χ3n) is 3.65. The molecule has 0 saturated carbocycles. The zero-order valence-electron chi connectivity index (χ0n) is 11.1. The van der Waals surface area contributed by atoms with E-state index in [1.807, 2.05) is 6.92 Å². The summed E-state index contributed by atoms with van der Waals surface area (Å²) in [5.74, 6) is -0.376. The van der Waals surface area contributed by atoms with Gasteiger partial charge in [0.2, 0.25) is 0 Å². The van der Waals surface area contributed by atoms with E-state index in [1.165, 1.54) is 4.88 Å². The predicted molar refractivity (Wildman–Crippen MR) is 71.9 cm³/mol. The van der Waals surface area contributed by atoms with E-state index < -0.39 is 5.97 Å². The number of carboxylic acids is 1. The van der Waals surface area contributed by atoms with Crippen molar-refractivity contribution in [2.24, 2.45) is 5.92 Å². The van der Waals surface area contributed by atoms with E-state index in [9.17, 15) is 4.79 Å². The molecule has 2 unspecified atom stereocenters. The Balaban J connectivity index is 2.01. The maximum absolute atomic E-state index is 10.7. The van der Waals surface area contributed by atoms with Crippen LogP contribution in [0, 0.1) is 19.8 Å². The monoisotopic (exact) mass is 268 g/mol. The lowest BCUT2D eigenvalue weighted by Crippen LogP contribution is -2.24. The molecule has 0 spiro atoms. The van der Waals surface area contributed by atoms with E-state index in [-0.39, 0.29) is 0 Å². The van der Waals surface area contributed by atoms with Gasteiger partial charge < -0.3 is 5.11 Å². The van der Waals surface area contributed by atoms with Crippen molar-refractivity contribution in [3.63, 3.8) is 0 Å². The fraction of sp³-hybridized carbons (Fsp3) is 0.692. The number of aryl methyl sites for hydroxylation is 2. The van der Waals surface area contributed by atoms with Gasteiger partial charge in [0.05, 0.1) is 10.7 Å². The van der Waals surface area contributed by atoms with Crippen LogP contribution in [0.5, 0.6) is 0 Å². The molecule has 1 aliphatic heterocycles. The number of likely N-dealkylation sites (tertiary alicyclic amines) is 1. The van der Waals surface area contributed by atoms with Crippen LogP contribution in [0.4, 0.5) is 0 Å². The molecule has 0 amide bonds. The minimum absolute atomic E-state index is 0.296. The summed E-state index contributed by atoms with van der Waals surface area (Å²) in [7, 11) is 0. The molecule has 0 bridgehead atoms. The van der Waals surface area contributed by atoms with E-state index >= 15 is 0 Å². The molecular formula is C13H20N2O2S. The van der Waals surface area contributed by atoms with Crippen molar-refractivity contribution in [3.8, 4) is 0 Å². The molecule has 100 valence electrons. The second-order valence-electron chi connectivity index (χ2n) is 5.11. The molecule has 1 saturated heterocycles. The van der Waals surface area contributed by atoms with Crippen LogP contribution in [-0.4, -0.2) is 34.0 Å². The number of aliphatic carboxylic acids is 1. The average molecular weight is 268 g/mol. The van der Waals surface area contributed by atoms with Crippen LogP contribution in [0.1, 0.15) is 41.4 Å². The highest BCUT2D eigenvalue weighted by Gasteiger charge is 2.29. The topological polar surface area (TPSA) is 53.4 Å². The van der Waals surface area contributed by atoms with Crippen LogP contribution in [0.15, 0.2) is 0 Å². The number of rotatable bonds is 4. The molecule has 1 aromatic rings. The van der Waals surface area contributed by atoms with Crippen molar-refractivity contribution in [2.75, 3.05) is 13.1 Å². The van der Waals surface area contributed by atoms with Gasteiger partial charge in [-0.1, -0.05) is 0 Å². The summed E-state index contributed by atoms with van der Waals surface area (Å²) >= 11 is 1.76. The van der Waals surface area contributed by atoms with Crippen molar-refractivity contribution in [1.29, 1.82) is 0 Å². The van der Waals surface area contributed by atoms with E-state index in [0.29, 0.717) is 18.4 Å². The highest BCUT2D eigenvalue weighted by atomic mass is 32.1. The zero-order chi connectivity index (χ0) is 13.3. The first-order chi connectivity index (χ1) is 8.47. The maximum Gasteiger partial charge on any atom is 0.303 e. The summed E-state index contributed by atoms with van der Waals surface area (Å²) in [6, 6.07) is 0.356. The highest BCUT2D eigenvalue weighted by Crippen LogP contribution is 2.33. The molecule has 1 N–H and O–H groups in total. The first-order valence-corrected chi connectivity index (χ1v) is 7.18. The summed E-state index contributed by atoms with van der Waals surface area (Å²) in [4.78, 5) is 18.9. The lowest BCUT2D eigenvalue weighted by Gasteiger charge is -2.23. The van der Waals surface area contributed by atoms with E-state index in [2.05, 4.69) is 23.7 Å². The van der Waals surface area contributed by atoms with Gasteiger partial charge in [-0.15, -0.1) is 11.3 Å². The number of hydrogen-bond donors (Lipinski definition) is 1. The van der Waals surface area contributed by atoms with Crippen molar-refractivity contribution in [2.45, 2.75) is 39.7 Å². The summed E-state index contributed by atoms with van der Waals surface area (Å²) in [5, 5.41) is 9.94. The van der Waals surface area contributed by atoms with Gasteiger partial charge in [0, 0.05) is 23.9 Å². The molecule has 1 aliphatic rings. The second kappa shape index (κ2) is 5.36. The standard InChI is InChI=1S/C13H20N2O2S/c1-8-13(18-10(3)14-8)9(2)15-5-4-11(7-15)6-12(16)17/h9,11H,4-7H2,1-3H3,(H,16,17). The summed E-state index contributed by atoms with van der Waals surface area (Å²) in [6.07, 6.45) is 1.29. The SMILES string of the molecule is Cc1nc(C)c(C(C)N2CCC(CC(=O)O)C2)s1. The largest absolute Gasteiger partial charge is 0.481 e. The molecule has 0 aromatic carbocycles. The quantitative estimate of drug-likeness (QED) is 0.912. The van der Waals surface area contributed by atoms with E-state index in [0.717, 1.165) is 30.2 Å². The number of nitrogens with zero attached hydrogens (tertiary/aromatic N) is 2. The Morgan fingerprint density at radius 2 is 2.33 bits per heavy atom. The molecule has 18 heavy (non-hydrogen) atoms. The van der Waals surface area contributed by atoms with Crippen LogP contribution < -0.4 is 0 Å². The van der Waals surface area contributed by atoms with Gasteiger partial charge in [-0.2, -0.15) is 0 Å². The van der Waals surface area contributed by atoms with Crippen LogP contribution in [-0.2, 0) is 4.79 Å². The molecule has 2 heterocycles. The number of carbonyl (C=O) groups is 1. The Morgan fingerprint density at radius 3 is 2.89 bits per heavy atom.